The van der Waals surface area contributed by atoms with E-state index in [0.29, 0.717) is 17.9 Å². The molecule has 0 bridgehead atoms. The van der Waals surface area contributed by atoms with Crippen LogP contribution in [0.4, 0.5) is 0 Å². The topological polar surface area (TPSA) is 46.6 Å². The first-order chi connectivity index (χ1) is 12.0. The van der Waals surface area contributed by atoms with Crippen LogP contribution in [0.2, 0.25) is 0 Å². The third-order valence-corrected chi connectivity index (χ3v) is 6.16. The van der Waals surface area contributed by atoms with Gasteiger partial charge in [-0.05, 0) is 37.6 Å². The standard InChI is InChI=1S/C20H21NO3S/c1-4-17-10-13-20(16-6-5-7-18(14-16)24-3)21(17)25(22,23)19-11-8-15(2)9-12-19/h4-9,11-14,17H,1,10H2,2-3H3. The normalized spacial score (nSPS) is 17.3. The van der Waals surface area contributed by atoms with Crippen LogP contribution in [0.3, 0.4) is 0 Å². The van der Waals surface area contributed by atoms with Crippen LogP contribution >= 0.6 is 0 Å². The second kappa shape index (κ2) is 6.76. The fourth-order valence-electron chi connectivity index (χ4n) is 2.95. The van der Waals surface area contributed by atoms with Crippen LogP contribution in [-0.2, 0) is 10.0 Å². The molecule has 0 spiro atoms. The van der Waals surface area contributed by atoms with Crippen molar-refractivity contribution >= 4 is 15.7 Å². The van der Waals surface area contributed by atoms with Crippen molar-refractivity contribution in [1.29, 1.82) is 0 Å². The van der Waals surface area contributed by atoms with E-state index in [2.05, 4.69) is 6.58 Å². The third kappa shape index (κ3) is 3.20. The molecule has 0 aromatic heterocycles. The van der Waals surface area contributed by atoms with E-state index in [1.54, 1.807) is 37.5 Å². The molecule has 4 nitrogen and oxygen atoms in total. The fraction of sp³-hybridized carbons (Fsp3) is 0.200. The molecule has 2 aromatic carbocycles. The molecule has 1 heterocycles. The van der Waals surface area contributed by atoms with Crippen LogP contribution in [0.15, 0.2) is 72.2 Å². The molecular weight excluding hydrogens is 334 g/mol. The Morgan fingerprint density at radius 3 is 2.56 bits per heavy atom. The summed E-state index contributed by atoms with van der Waals surface area (Å²) in [5.74, 6) is 0.688. The molecule has 0 saturated carbocycles. The number of nitrogens with zero attached hydrogens (tertiary/aromatic N) is 1. The van der Waals surface area contributed by atoms with Crippen molar-refractivity contribution in [3.05, 3.63) is 78.4 Å². The molecule has 0 saturated heterocycles. The van der Waals surface area contributed by atoms with Gasteiger partial charge in [0, 0.05) is 5.56 Å². The van der Waals surface area contributed by atoms with Gasteiger partial charge < -0.3 is 4.74 Å². The first kappa shape index (κ1) is 17.3. The number of benzene rings is 2. The monoisotopic (exact) mass is 355 g/mol. The van der Waals surface area contributed by atoms with E-state index >= 15 is 0 Å². The summed E-state index contributed by atoms with van der Waals surface area (Å²) in [6, 6.07) is 14.0. The maximum Gasteiger partial charge on any atom is 0.264 e. The van der Waals surface area contributed by atoms with Gasteiger partial charge >= 0.3 is 0 Å². The number of ether oxygens (including phenoxy) is 1. The minimum absolute atomic E-state index is 0.278. The quantitative estimate of drug-likeness (QED) is 0.762. The second-order valence-corrected chi connectivity index (χ2v) is 7.79. The van der Waals surface area contributed by atoms with Gasteiger partial charge in [0.25, 0.3) is 10.0 Å². The minimum atomic E-state index is -3.68. The molecule has 2 aromatic rings. The number of hydrogen-bond donors (Lipinski definition) is 0. The lowest BCUT2D eigenvalue weighted by Crippen LogP contribution is -2.34. The lowest BCUT2D eigenvalue weighted by Gasteiger charge is -2.28. The number of aryl methyl sites for hydroxylation is 1. The van der Waals surface area contributed by atoms with Crippen LogP contribution < -0.4 is 4.74 Å². The van der Waals surface area contributed by atoms with Crippen molar-refractivity contribution in [2.24, 2.45) is 0 Å². The van der Waals surface area contributed by atoms with Crippen LogP contribution in [0, 0.1) is 6.92 Å². The van der Waals surface area contributed by atoms with Gasteiger partial charge in [-0.25, -0.2) is 8.42 Å². The Hall–Kier alpha value is -2.53. The largest absolute Gasteiger partial charge is 0.497 e. The van der Waals surface area contributed by atoms with Gasteiger partial charge in [0.2, 0.25) is 0 Å². The lowest BCUT2D eigenvalue weighted by molar-refractivity contribution is 0.414. The smallest absolute Gasteiger partial charge is 0.264 e. The summed E-state index contributed by atoms with van der Waals surface area (Å²) in [5.41, 5.74) is 2.48. The number of hydrogen-bond acceptors (Lipinski definition) is 3. The van der Waals surface area contributed by atoms with E-state index in [4.69, 9.17) is 4.74 Å². The molecule has 1 aliphatic rings. The van der Waals surface area contributed by atoms with Crippen molar-refractivity contribution in [3.63, 3.8) is 0 Å². The summed E-state index contributed by atoms with van der Waals surface area (Å²) in [6.45, 7) is 5.74. The van der Waals surface area contributed by atoms with E-state index in [1.807, 2.05) is 37.3 Å². The zero-order valence-electron chi connectivity index (χ0n) is 14.3. The van der Waals surface area contributed by atoms with Crippen molar-refractivity contribution in [2.45, 2.75) is 24.3 Å². The summed E-state index contributed by atoms with van der Waals surface area (Å²) in [7, 11) is -2.09. The molecule has 130 valence electrons. The van der Waals surface area contributed by atoms with Gasteiger partial charge in [-0.15, -0.1) is 6.58 Å². The SMILES string of the molecule is C=CC1CC=C(c2cccc(OC)c2)N1S(=O)(=O)c1ccc(C)cc1. The first-order valence-electron chi connectivity index (χ1n) is 8.05. The van der Waals surface area contributed by atoms with Crippen LogP contribution in [0.1, 0.15) is 17.5 Å². The molecule has 1 atom stereocenters. The van der Waals surface area contributed by atoms with Crippen molar-refractivity contribution < 1.29 is 13.2 Å². The average molecular weight is 355 g/mol. The number of rotatable bonds is 5. The van der Waals surface area contributed by atoms with E-state index in [9.17, 15) is 8.42 Å². The molecule has 0 fully saturated rings. The summed E-state index contributed by atoms with van der Waals surface area (Å²) in [5, 5.41) is 0. The van der Waals surface area contributed by atoms with Gasteiger partial charge in [-0.2, -0.15) is 0 Å². The van der Waals surface area contributed by atoms with Gasteiger partial charge in [0.05, 0.1) is 23.7 Å². The average Bonchev–Trinajstić information content (AvgIpc) is 3.07. The van der Waals surface area contributed by atoms with Crippen LogP contribution in [0.5, 0.6) is 5.75 Å². The summed E-state index contributed by atoms with van der Waals surface area (Å²) in [4.78, 5) is 0.278. The highest BCUT2D eigenvalue weighted by atomic mass is 32.2. The highest BCUT2D eigenvalue weighted by Gasteiger charge is 2.35. The Labute approximate surface area is 149 Å². The van der Waals surface area contributed by atoms with Gasteiger partial charge in [-0.1, -0.05) is 42.0 Å². The summed E-state index contributed by atoms with van der Waals surface area (Å²) < 4.78 is 33.2. The molecule has 0 amide bonds. The highest BCUT2D eigenvalue weighted by Crippen LogP contribution is 2.37. The van der Waals surface area contributed by atoms with Gasteiger partial charge in [0.15, 0.2) is 0 Å². The Kier molecular flexibility index (Phi) is 4.68. The van der Waals surface area contributed by atoms with E-state index in [1.165, 1.54) is 4.31 Å². The predicted molar refractivity (Wildman–Crippen MR) is 99.8 cm³/mol. The molecule has 0 N–H and O–H groups in total. The molecule has 0 radical (unpaired) electrons. The Bertz CT molecular complexity index is 914. The maximum absolute atomic E-state index is 13.3. The molecule has 5 heteroatoms. The Morgan fingerprint density at radius 2 is 1.92 bits per heavy atom. The van der Waals surface area contributed by atoms with Gasteiger partial charge in [-0.3, -0.25) is 4.31 Å². The molecule has 3 rings (SSSR count). The third-order valence-electron chi connectivity index (χ3n) is 4.31. The minimum Gasteiger partial charge on any atom is -0.497 e. The Morgan fingerprint density at radius 1 is 1.20 bits per heavy atom. The lowest BCUT2D eigenvalue weighted by atomic mass is 10.1. The van der Waals surface area contributed by atoms with Crippen molar-refractivity contribution in [1.82, 2.24) is 4.31 Å². The first-order valence-corrected chi connectivity index (χ1v) is 9.49. The zero-order chi connectivity index (χ0) is 18.0. The summed E-state index contributed by atoms with van der Waals surface area (Å²) in [6.07, 6.45) is 4.21. The molecule has 1 unspecified atom stereocenters. The molecule has 0 aliphatic carbocycles. The molecular formula is C20H21NO3S. The van der Waals surface area contributed by atoms with E-state index in [0.717, 1.165) is 11.1 Å². The molecule has 1 aliphatic heterocycles. The molecule has 25 heavy (non-hydrogen) atoms. The zero-order valence-corrected chi connectivity index (χ0v) is 15.2. The predicted octanol–water partition coefficient (Wildman–Crippen LogP) is 3.99. The van der Waals surface area contributed by atoms with Crippen LogP contribution in [0.25, 0.3) is 5.70 Å². The van der Waals surface area contributed by atoms with Crippen molar-refractivity contribution in [2.75, 3.05) is 7.11 Å². The van der Waals surface area contributed by atoms with Crippen LogP contribution in [-0.4, -0.2) is 25.9 Å². The number of methoxy groups -OCH3 is 1. The van der Waals surface area contributed by atoms with E-state index in [-0.39, 0.29) is 10.9 Å². The fourth-order valence-corrected chi connectivity index (χ4v) is 4.62. The Balaban J connectivity index is 2.08. The van der Waals surface area contributed by atoms with E-state index < -0.39 is 10.0 Å². The maximum atomic E-state index is 13.3. The highest BCUT2D eigenvalue weighted by molar-refractivity contribution is 7.89. The second-order valence-electron chi connectivity index (χ2n) is 5.97. The number of sulfonamides is 1. The van der Waals surface area contributed by atoms with Gasteiger partial charge in [0.1, 0.15) is 5.75 Å². The summed E-state index contributed by atoms with van der Waals surface area (Å²) >= 11 is 0. The van der Waals surface area contributed by atoms with Crippen molar-refractivity contribution in [3.8, 4) is 5.75 Å².